The second-order valence-electron chi connectivity index (χ2n) is 5.84. The second-order valence-corrected chi connectivity index (χ2v) is 5.84. The highest BCUT2D eigenvalue weighted by atomic mass is 16.6. The van der Waals surface area contributed by atoms with Crippen LogP contribution in [0.4, 0.5) is 11.4 Å². The summed E-state index contributed by atoms with van der Waals surface area (Å²) in [6.07, 6.45) is 0.636. The lowest BCUT2D eigenvalue weighted by atomic mass is 10.1. The summed E-state index contributed by atoms with van der Waals surface area (Å²) in [5.74, 6) is 1.27. The number of methoxy groups -OCH3 is 3. The summed E-state index contributed by atoms with van der Waals surface area (Å²) in [6.45, 7) is 1.78. The molecule has 0 atom stereocenters. The highest BCUT2D eigenvalue weighted by Gasteiger charge is 2.15. The van der Waals surface area contributed by atoms with Gasteiger partial charge in [0.05, 0.1) is 31.9 Å². The molecular weight excluding hydrogens is 352 g/mol. The van der Waals surface area contributed by atoms with Gasteiger partial charge in [0.15, 0.2) is 11.5 Å². The van der Waals surface area contributed by atoms with Gasteiger partial charge < -0.3 is 19.5 Å². The van der Waals surface area contributed by atoms with Crippen LogP contribution >= 0.6 is 0 Å². The normalized spacial score (nSPS) is 10.2. The maximum atomic E-state index is 12.3. The Morgan fingerprint density at radius 2 is 1.70 bits per heavy atom. The highest BCUT2D eigenvalue weighted by molar-refractivity contribution is 5.92. The molecular formula is C19H22N2O6. The predicted molar refractivity (Wildman–Crippen MR) is 101 cm³/mol. The zero-order valence-corrected chi connectivity index (χ0v) is 15.7. The molecule has 2 aromatic carbocycles. The van der Waals surface area contributed by atoms with Crippen LogP contribution in [0.5, 0.6) is 17.2 Å². The number of nitrogens with zero attached hydrogens (tertiary/aromatic N) is 1. The molecule has 0 saturated carbocycles. The van der Waals surface area contributed by atoms with E-state index in [0.717, 1.165) is 11.1 Å². The third kappa shape index (κ3) is 4.87. The Morgan fingerprint density at radius 3 is 2.22 bits per heavy atom. The first-order valence-corrected chi connectivity index (χ1v) is 8.23. The van der Waals surface area contributed by atoms with Gasteiger partial charge in [-0.15, -0.1) is 0 Å². The molecule has 0 spiro atoms. The number of hydrogen-bond acceptors (Lipinski definition) is 6. The second kappa shape index (κ2) is 8.88. The first-order chi connectivity index (χ1) is 12.9. The molecule has 0 aliphatic heterocycles. The van der Waals surface area contributed by atoms with E-state index in [1.54, 1.807) is 25.1 Å². The van der Waals surface area contributed by atoms with Crippen molar-refractivity contribution >= 4 is 17.3 Å². The van der Waals surface area contributed by atoms with Gasteiger partial charge in [-0.1, -0.05) is 6.07 Å². The Kier molecular flexibility index (Phi) is 6.59. The van der Waals surface area contributed by atoms with Gasteiger partial charge in [-0.2, -0.15) is 0 Å². The number of ether oxygens (including phenoxy) is 3. The van der Waals surface area contributed by atoms with Crippen LogP contribution in [0.1, 0.15) is 17.5 Å². The van der Waals surface area contributed by atoms with Crippen LogP contribution in [-0.4, -0.2) is 32.2 Å². The van der Waals surface area contributed by atoms with Crippen molar-refractivity contribution in [3.05, 3.63) is 51.6 Å². The van der Waals surface area contributed by atoms with Gasteiger partial charge in [-0.05, 0) is 36.6 Å². The highest BCUT2D eigenvalue weighted by Crippen LogP contribution is 2.38. The molecule has 144 valence electrons. The number of nitrogens with one attached hydrogen (secondary N) is 1. The molecule has 0 saturated heterocycles. The van der Waals surface area contributed by atoms with Crippen molar-refractivity contribution in [2.24, 2.45) is 0 Å². The number of amides is 1. The zero-order valence-electron chi connectivity index (χ0n) is 15.7. The van der Waals surface area contributed by atoms with Crippen molar-refractivity contribution in [3.63, 3.8) is 0 Å². The molecule has 8 nitrogen and oxygen atoms in total. The largest absolute Gasteiger partial charge is 0.493 e. The molecule has 0 aliphatic carbocycles. The molecule has 0 radical (unpaired) electrons. The fraction of sp³-hybridized carbons (Fsp3) is 0.316. The summed E-state index contributed by atoms with van der Waals surface area (Å²) in [5, 5.41) is 13.6. The number of rotatable bonds is 8. The number of carbonyl (C=O) groups excluding carboxylic acids is 1. The number of anilines is 1. The van der Waals surface area contributed by atoms with Crippen LogP contribution in [-0.2, 0) is 11.2 Å². The minimum atomic E-state index is -0.495. The van der Waals surface area contributed by atoms with E-state index in [9.17, 15) is 14.9 Å². The minimum Gasteiger partial charge on any atom is -0.493 e. The molecule has 2 aromatic rings. The van der Waals surface area contributed by atoms with Crippen LogP contribution in [0.25, 0.3) is 0 Å². The van der Waals surface area contributed by atoms with E-state index >= 15 is 0 Å². The Balaban J connectivity index is 2.10. The van der Waals surface area contributed by atoms with E-state index in [1.165, 1.54) is 33.5 Å². The van der Waals surface area contributed by atoms with Gasteiger partial charge >= 0.3 is 0 Å². The maximum absolute atomic E-state index is 12.3. The monoisotopic (exact) mass is 374 g/mol. The number of benzene rings is 2. The van der Waals surface area contributed by atoms with E-state index in [2.05, 4.69) is 5.32 Å². The molecule has 0 heterocycles. The Labute approximate surface area is 157 Å². The summed E-state index contributed by atoms with van der Waals surface area (Å²) in [7, 11) is 4.58. The van der Waals surface area contributed by atoms with Gasteiger partial charge in [-0.25, -0.2) is 0 Å². The standard InChI is InChI=1S/C19H22N2O6/c1-12-5-7-14(21(23)24)11-15(12)20-18(22)8-6-13-9-16(25-2)19(27-4)17(10-13)26-3/h5,7,9-11H,6,8H2,1-4H3,(H,20,22). The third-order valence-corrected chi connectivity index (χ3v) is 4.07. The van der Waals surface area contributed by atoms with E-state index < -0.39 is 4.92 Å². The van der Waals surface area contributed by atoms with E-state index in [1.807, 2.05) is 0 Å². The lowest BCUT2D eigenvalue weighted by Gasteiger charge is -2.14. The molecule has 8 heteroatoms. The maximum Gasteiger partial charge on any atom is 0.271 e. The van der Waals surface area contributed by atoms with Crippen LogP contribution in [0, 0.1) is 17.0 Å². The summed E-state index contributed by atoms with van der Waals surface area (Å²) >= 11 is 0. The molecule has 0 aliphatic rings. The van der Waals surface area contributed by atoms with Gasteiger partial charge in [0.25, 0.3) is 5.69 Å². The first kappa shape index (κ1) is 20.0. The molecule has 1 N–H and O–H groups in total. The summed E-state index contributed by atoms with van der Waals surface area (Å²) in [6, 6.07) is 7.93. The Hall–Kier alpha value is -3.29. The summed E-state index contributed by atoms with van der Waals surface area (Å²) in [5.41, 5.74) is 1.96. The van der Waals surface area contributed by atoms with Crippen molar-refractivity contribution in [1.82, 2.24) is 0 Å². The average molecular weight is 374 g/mol. The molecule has 27 heavy (non-hydrogen) atoms. The summed E-state index contributed by atoms with van der Waals surface area (Å²) in [4.78, 5) is 22.7. The quantitative estimate of drug-likeness (QED) is 0.561. The minimum absolute atomic E-state index is 0.0690. The molecule has 1 amide bonds. The van der Waals surface area contributed by atoms with Crippen molar-refractivity contribution in [2.45, 2.75) is 19.8 Å². The average Bonchev–Trinajstić information content (AvgIpc) is 2.66. The predicted octanol–water partition coefficient (Wildman–Crippen LogP) is 3.50. The van der Waals surface area contributed by atoms with E-state index in [4.69, 9.17) is 14.2 Å². The first-order valence-electron chi connectivity index (χ1n) is 8.23. The molecule has 2 rings (SSSR count). The van der Waals surface area contributed by atoms with Gasteiger partial charge in [0.1, 0.15) is 0 Å². The van der Waals surface area contributed by atoms with Gasteiger partial charge in [-0.3, -0.25) is 14.9 Å². The molecule has 0 unspecified atom stereocenters. The molecule has 0 aromatic heterocycles. The molecule has 0 fully saturated rings. The van der Waals surface area contributed by atoms with Crippen molar-refractivity contribution in [1.29, 1.82) is 0 Å². The van der Waals surface area contributed by atoms with Crippen molar-refractivity contribution in [2.75, 3.05) is 26.6 Å². The number of carbonyl (C=O) groups is 1. The number of aryl methyl sites for hydroxylation is 2. The Bertz CT molecular complexity index is 825. The topological polar surface area (TPSA) is 99.9 Å². The SMILES string of the molecule is COc1cc(CCC(=O)Nc2cc([N+](=O)[O-])ccc2C)cc(OC)c1OC. The smallest absolute Gasteiger partial charge is 0.271 e. The fourth-order valence-electron chi connectivity index (χ4n) is 2.61. The lowest BCUT2D eigenvalue weighted by Crippen LogP contribution is -2.13. The zero-order chi connectivity index (χ0) is 20.0. The van der Waals surface area contributed by atoms with Crippen molar-refractivity contribution < 1.29 is 23.9 Å². The number of non-ortho nitro benzene ring substituents is 1. The molecule has 0 bridgehead atoms. The van der Waals surface area contributed by atoms with Gasteiger partial charge in [0, 0.05) is 18.6 Å². The van der Waals surface area contributed by atoms with Gasteiger partial charge in [0.2, 0.25) is 11.7 Å². The van der Waals surface area contributed by atoms with Crippen LogP contribution in [0.3, 0.4) is 0 Å². The fourth-order valence-corrected chi connectivity index (χ4v) is 2.61. The lowest BCUT2D eigenvalue weighted by molar-refractivity contribution is -0.384. The van der Waals surface area contributed by atoms with Crippen LogP contribution < -0.4 is 19.5 Å². The van der Waals surface area contributed by atoms with Crippen LogP contribution in [0.15, 0.2) is 30.3 Å². The summed E-state index contributed by atoms with van der Waals surface area (Å²) < 4.78 is 15.9. The van der Waals surface area contributed by atoms with Crippen LogP contribution in [0.2, 0.25) is 0 Å². The van der Waals surface area contributed by atoms with E-state index in [-0.39, 0.29) is 18.0 Å². The van der Waals surface area contributed by atoms with E-state index in [0.29, 0.717) is 29.4 Å². The number of nitro benzene ring substituents is 1. The number of hydrogen-bond donors (Lipinski definition) is 1. The van der Waals surface area contributed by atoms with Crippen molar-refractivity contribution in [3.8, 4) is 17.2 Å². The Morgan fingerprint density at radius 1 is 1.07 bits per heavy atom. The number of nitro groups is 1. The third-order valence-electron chi connectivity index (χ3n) is 4.07.